The number of halogens is 3. The second-order valence-corrected chi connectivity index (χ2v) is 4.19. The van der Waals surface area contributed by atoms with Crippen LogP contribution < -0.4 is 5.73 Å². The molecule has 2 N–H and O–H groups in total. The Labute approximate surface area is 92.4 Å². The van der Waals surface area contributed by atoms with Crippen LogP contribution in [0.1, 0.15) is 23.7 Å². The smallest absolute Gasteiger partial charge is 0.260 e. The van der Waals surface area contributed by atoms with Crippen molar-refractivity contribution in [3.8, 4) is 0 Å². The number of rotatable bonds is 2. The van der Waals surface area contributed by atoms with Crippen LogP contribution >= 0.6 is 11.6 Å². The first kappa shape index (κ1) is 12.3. The van der Waals surface area contributed by atoms with Gasteiger partial charge in [0.05, 0.1) is 0 Å². The van der Waals surface area contributed by atoms with Crippen LogP contribution in [0.25, 0.3) is 0 Å². The van der Waals surface area contributed by atoms with Crippen LogP contribution in [0.3, 0.4) is 0 Å². The van der Waals surface area contributed by atoms with Crippen molar-refractivity contribution in [2.24, 2.45) is 5.73 Å². The van der Waals surface area contributed by atoms with Gasteiger partial charge in [0, 0.05) is 11.3 Å². The topological polar surface area (TPSA) is 38.9 Å². The van der Waals surface area contributed by atoms with Gasteiger partial charge in [-0.2, -0.15) is 0 Å². The van der Waals surface area contributed by atoms with Gasteiger partial charge in [0.15, 0.2) is 0 Å². The maximum atomic E-state index is 12.7. The molecule has 0 aliphatic carbocycles. The summed E-state index contributed by atoms with van der Waals surface area (Å²) in [4.78, 5) is 3.94. The first-order valence-electron chi connectivity index (χ1n) is 4.48. The molecule has 0 saturated carbocycles. The van der Waals surface area contributed by atoms with Gasteiger partial charge in [-0.3, -0.25) is 0 Å². The van der Waals surface area contributed by atoms with Crippen molar-refractivity contribution in [3.63, 3.8) is 0 Å². The van der Waals surface area contributed by atoms with Crippen LogP contribution in [-0.4, -0.2) is 11.4 Å². The Hall–Kier alpha value is -0.740. The lowest BCUT2D eigenvalue weighted by atomic mass is 9.91. The third kappa shape index (κ3) is 2.26. The highest BCUT2D eigenvalue weighted by molar-refractivity contribution is 6.30. The average Bonchev–Trinajstić information content (AvgIpc) is 2.00. The lowest BCUT2D eigenvalue weighted by Crippen LogP contribution is -2.41. The number of aromatic nitrogens is 1. The van der Waals surface area contributed by atoms with Crippen molar-refractivity contribution >= 4 is 11.6 Å². The van der Waals surface area contributed by atoms with E-state index in [1.807, 2.05) is 0 Å². The van der Waals surface area contributed by atoms with Gasteiger partial charge in [-0.1, -0.05) is 11.6 Å². The van der Waals surface area contributed by atoms with Crippen LogP contribution in [-0.2, 0) is 5.54 Å². The maximum Gasteiger partial charge on any atom is 0.260 e. The van der Waals surface area contributed by atoms with E-state index >= 15 is 0 Å². The van der Waals surface area contributed by atoms with Crippen LogP contribution in [0.2, 0.25) is 5.15 Å². The summed E-state index contributed by atoms with van der Waals surface area (Å²) in [6.45, 7) is 4.70. The molecule has 84 valence electrons. The van der Waals surface area contributed by atoms with Gasteiger partial charge < -0.3 is 5.73 Å². The Morgan fingerprint density at radius 1 is 1.47 bits per heavy atom. The third-order valence-corrected chi connectivity index (χ3v) is 2.57. The SMILES string of the molecule is Cc1cc(C)c(C(C)(N)C(F)F)c(Cl)n1. The molecule has 0 aliphatic heterocycles. The van der Waals surface area contributed by atoms with Crippen molar-refractivity contribution < 1.29 is 8.78 Å². The average molecular weight is 235 g/mol. The zero-order valence-electron chi connectivity index (χ0n) is 8.81. The monoisotopic (exact) mass is 234 g/mol. The molecule has 2 nitrogen and oxygen atoms in total. The van der Waals surface area contributed by atoms with E-state index < -0.39 is 12.0 Å². The largest absolute Gasteiger partial charge is 0.317 e. The number of hydrogen-bond donors (Lipinski definition) is 1. The summed E-state index contributed by atoms with van der Waals surface area (Å²) in [6, 6.07) is 1.69. The van der Waals surface area contributed by atoms with Gasteiger partial charge in [0.25, 0.3) is 6.43 Å². The fraction of sp³-hybridized carbons (Fsp3) is 0.500. The fourth-order valence-electron chi connectivity index (χ4n) is 1.55. The predicted octanol–water partition coefficient (Wildman–Crippen LogP) is 2.79. The number of aryl methyl sites for hydroxylation is 2. The van der Waals surface area contributed by atoms with Crippen LogP contribution in [0.5, 0.6) is 0 Å². The van der Waals surface area contributed by atoms with E-state index in [1.165, 1.54) is 6.92 Å². The molecule has 0 bridgehead atoms. The fourth-order valence-corrected chi connectivity index (χ4v) is 2.03. The number of nitrogens with zero attached hydrogens (tertiary/aromatic N) is 1. The quantitative estimate of drug-likeness (QED) is 0.800. The van der Waals surface area contributed by atoms with E-state index in [-0.39, 0.29) is 10.7 Å². The summed E-state index contributed by atoms with van der Waals surface area (Å²) in [5.41, 5.74) is 5.33. The Bertz CT molecular complexity index is 355. The van der Waals surface area contributed by atoms with Crippen molar-refractivity contribution in [3.05, 3.63) is 28.0 Å². The van der Waals surface area contributed by atoms with E-state index in [0.717, 1.165) is 0 Å². The van der Waals surface area contributed by atoms with Gasteiger partial charge in [-0.25, -0.2) is 13.8 Å². The summed E-state index contributed by atoms with van der Waals surface area (Å²) < 4.78 is 25.5. The van der Waals surface area contributed by atoms with Crippen LogP contribution in [0, 0.1) is 13.8 Å². The normalized spacial score (nSPS) is 15.5. The summed E-state index contributed by atoms with van der Waals surface area (Å²) >= 11 is 5.84. The van der Waals surface area contributed by atoms with Gasteiger partial charge in [-0.05, 0) is 32.4 Å². The Morgan fingerprint density at radius 3 is 2.40 bits per heavy atom. The molecule has 1 unspecified atom stereocenters. The molecule has 0 spiro atoms. The minimum atomic E-state index is -2.68. The molecule has 0 radical (unpaired) electrons. The summed E-state index contributed by atoms with van der Waals surface area (Å²) in [6.07, 6.45) is -2.68. The summed E-state index contributed by atoms with van der Waals surface area (Å²) in [5, 5.41) is 0.0535. The van der Waals surface area contributed by atoms with Gasteiger partial charge in [-0.15, -0.1) is 0 Å². The molecule has 0 fully saturated rings. The predicted molar refractivity (Wildman–Crippen MR) is 56.3 cm³/mol. The molecule has 1 aromatic rings. The van der Waals surface area contributed by atoms with Crippen molar-refractivity contribution in [1.82, 2.24) is 4.98 Å². The highest BCUT2D eigenvalue weighted by Gasteiger charge is 2.36. The highest BCUT2D eigenvalue weighted by atomic mass is 35.5. The van der Waals surface area contributed by atoms with E-state index in [4.69, 9.17) is 17.3 Å². The first-order valence-corrected chi connectivity index (χ1v) is 4.86. The first-order chi connectivity index (χ1) is 6.76. The van der Waals surface area contributed by atoms with E-state index in [9.17, 15) is 8.78 Å². The maximum absolute atomic E-state index is 12.7. The van der Waals surface area contributed by atoms with Gasteiger partial charge in [0.1, 0.15) is 10.7 Å². The van der Waals surface area contributed by atoms with Crippen LogP contribution in [0.15, 0.2) is 6.07 Å². The van der Waals surface area contributed by atoms with Crippen LogP contribution in [0.4, 0.5) is 8.78 Å². The zero-order valence-corrected chi connectivity index (χ0v) is 9.57. The Kier molecular flexibility index (Phi) is 3.31. The summed E-state index contributed by atoms with van der Waals surface area (Å²) in [5.74, 6) is 0. The second-order valence-electron chi connectivity index (χ2n) is 3.83. The molecule has 1 rings (SSSR count). The lowest BCUT2D eigenvalue weighted by molar-refractivity contribution is 0.0620. The molecule has 5 heteroatoms. The molecule has 0 aromatic carbocycles. The number of nitrogens with two attached hydrogens (primary N) is 1. The van der Waals surface area contributed by atoms with Crippen molar-refractivity contribution in [2.75, 3.05) is 0 Å². The molecule has 0 saturated heterocycles. The number of alkyl halides is 2. The highest BCUT2D eigenvalue weighted by Crippen LogP contribution is 2.32. The Balaban J connectivity index is 3.38. The van der Waals surface area contributed by atoms with Crippen molar-refractivity contribution in [1.29, 1.82) is 0 Å². The standard InChI is InChI=1S/C10H13ClF2N2/c1-5-4-6(2)15-8(11)7(5)10(3,14)9(12)13/h4,9H,14H2,1-3H3. The lowest BCUT2D eigenvalue weighted by Gasteiger charge is -2.26. The van der Waals surface area contributed by atoms with Crippen molar-refractivity contribution in [2.45, 2.75) is 32.7 Å². The molecule has 0 amide bonds. The molecule has 0 aliphatic rings. The molecular weight excluding hydrogens is 222 g/mol. The second kappa shape index (κ2) is 4.02. The Morgan fingerprint density at radius 2 is 2.00 bits per heavy atom. The summed E-state index contributed by atoms with van der Waals surface area (Å²) in [7, 11) is 0. The minimum Gasteiger partial charge on any atom is -0.317 e. The number of pyridine rings is 1. The minimum absolute atomic E-state index is 0.0535. The molecule has 1 aromatic heterocycles. The van der Waals surface area contributed by atoms with E-state index in [1.54, 1.807) is 19.9 Å². The van der Waals surface area contributed by atoms with E-state index in [0.29, 0.717) is 11.3 Å². The molecule has 1 atom stereocenters. The zero-order chi connectivity index (χ0) is 11.8. The third-order valence-electron chi connectivity index (χ3n) is 2.29. The molecule has 1 heterocycles. The van der Waals surface area contributed by atoms with Gasteiger partial charge >= 0.3 is 0 Å². The van der Waals surface area contributed by atoms with E-state index in [2.05, 4.69) is 4.98 Å². The van der Waals surface area contributed by atoms with Gasteiger partial charge in [0.2, 0.25) is 0 Å². The molecular formula is C10H13ClF2N2. The molecule has 15 heavy (non-hydrogen) atoms. The number of hydrogen-bond acceptors (Lipinski definition) is 2.